The fraction of sp³-hybridized carbons (Fsp3) is 0.0462. The molecule has 0 aliphatic heterocycles. The second kappa shape index (κ2) is 15.8. The van der Waals surface area contributed by atoms with Crippen molar-refractivity contribution in [2.45, 2.75) is 19.3 Å². The van der Waals surface area contributed by atoms with E-state index in [2.05, 4.69) is 193 Å². The third-order valence-corrected chi connectivity index (χ3v) is 14.0. The van der Waals surface area contributed by atoms with E-state index in [0.29, 0.717) is 5.56 Å². The van der Waals surface area contributed by atoms with Crippen molar-refractivity contribution in [1.82, 2.24) is 4.57 Å². The first kappa shape index (κ1) is 35.6. The Morgan fingerprint density at radius 2 is 0.897 bits per heavy atom. The lowest BCUT2D eigenvalue weighted by atomic mass is 9.82. The van der Waals surface area contributed by atoms with Crippen molar-refractivity contribution in [3.05, 3.63) is 260 Å². The number of anilines is 6. The first-order chi connectivity index (χ1) is 35.1. The van der Waals surface area contributed by atoms with E-state index in [1.807, 2.05) is 59.5 Å². The first-order valence-electron chi connectivity index (χ1n) is 25.3. The molecule has 1 aliphatic carbocycles. The van der Waals surface area contributed by atoms with Gasteiger partial charge < -0.3 is 14.4 Å². The van der Waals surface area contributed by atoms with Crippen molar-refractivity contribution >= 4 is 77.5 Å². The van der Waals surface area contributed by atoms with Crippen LogP contribution < -0.4 is 9.80 Å². The highest BCUT2D eigenvalue weighted by molar-refractivity contribution is 6.11. The largest absolute Gasteiger partial charge is 0.310 e. The second-order valence-corrected chi connectivity index (χ2v) is 18.3. The van der Waals surface area contributed by atoms with E-state index in [-0.39, 0.29) is 40.8 Å². The third kappa shape index (κ3) is 6.50. The van der Waals surface area contributed by atoms with E-state index < -0.39 is 0 Å². The standard InChI is InChI=1S/C65H47N3/c1-65(2)61-23-13-11-21-57(61)58-37-35-56(43-62(58)65)66(50-17-5-3-6-18-50)52-31-27-45(28-32-52)47-25-26-49-41-54(34-30-48(49)39-47)67(53-33-29-44-15-9-10-16-46(44)40-53)55-36-38-64-60(42-55)59-22-12-14-24-63(59)68(64)51-19-7-4-8-20-51/h3-43H,1-2H3/i27D,28D,31D,32D. The summed E-state index contributed by atoms with van der Waals surface area (Å²) in [7, 11) is 0. The molecule has 0 spiro atoms. The van der Waals surface area contributed by atoms with Crippen LogP contribution in [0.15, 0.2) is 249 Å². The summed E-state index contributed by atoms with van der Waals surface area (Å²) in [6.45, 7) is 4.47. The lowest BCUT2D eigenvalue weighted by Crippen LogP contribution is -2.16. The van der Waals surface area contributed by atoms with E-state index in [4.69, 9.17) is 0 Å². The summed E-state index contributed by atoms with van der Waals surface area (Å²) in [4.78, 5) is 4.20. The number of rotatable bonds is 8. The number of fused-ring (bicyclic) bond motifs is 8. The first-order valence-corrected chi connectivity index (χ1v) is 23.3. The lowest BCUT2D eigenvalue weighted by Gasteiger charge is -2.28. The average Bonchev–Trinajstić information content (AvgIpc) is 3.87. The lowest BCUT2D eigenvalue weighted by molar-refractivity contribution is 0.660. The monoisotopic (exact) mass is 873 g/mol. The zero-order valence-corrected chi connectivity index (χ0v) is 37.7. The maximum Gasteiger partial charge on any atom is 0.0645 e. The Labute approximate surface area is 402 Å². The van der Waals surface area contributed by atoms with Gasteiger partial charge >= 0.3 is 0 Å². The molecule has 13 rings (SSSR count). The van der Waals surface area contributed by atoms with Gasteiger partial charge in [-0.2, -0.15) is 0 Å². The summed E-state index contributed by atoms with van der Waals surface area (Å²) in [5, 5.41) is 6.55. The third-order valence-electron chi connectivity index (χ3n) is 14.0. The molecule has 1 aromatic heterocycles. The summed E-state index contributed by atoms with van der Waals surface area (Å²) in [5.74, 6) is 0. The Kier molecular flexibility index (Phi) is 8.24. The van der Waals surface area contributed by atoms with Gasteiger partial charge in [0.1, 0.15) is 0 Å². The predicted molar refractivity (Wildman–Crippen MR) is 288 cm³/mol. The predicted octanol–water partition coefficient (Wildman–Crippen LogP) is 18.0. The van der Waals surface area contributed by atoms with Crippen LogP contribution in [0.4, 0.5) is 34.1 Å². The molecule has 0 radical (unpaired) electrons. The fourth-order valence-corrected chi connectivity index (χ4v) is 10.6. The van der Waals surface area contributed by atoms with E-state index in [0.717, 1.165) is 77.8 Å². The van der Waals surface area contributed by atoms with Crippen molar-refractivity contribution < 1.29 is 5.48 Å². The van der Waals surface area contributed by atoms with Gasteiger partial charge in [0.15, 0.2) is 0 Å². The van der Waals surface area contributed by atoms with Crippen molar-refractivity contribution in [3.63, 3.8) is 0 Å². The van der Waals surface area contributed by atoms with Gasteiger partial charge in [0.25, 0.3) is 0 Å². The van der Waals surface area contributed by atoms with Crippen LogP contribution in [0, 0.1) is 0 Å². The van der Waals surface area contributed by atoms with Crippen LogP contribution in [0.25, 0.3) is 71.3 Å². The zero-order valence-electron chi connectivity index (χ0n) is 41.7. The van der Waals surface area contributed by atoms with Crippen LogP contribution in [0.1, 0.15) is 30.5 Å². The Hall–Kier alpha value is -8.66. The van der Waals surface area contributed by atoms with Gasteiger partial charge in [-0.3, -0.25) is 0 Å². The maximum atomic E-state index is 9.64. The zero-order chi connectivity index (χ0) is 48.8. The molecule has 0 N–H and O–H groups in total. The van der Waals surface area contributed by atoms with Crippen molar-refractivity contribution in [2.24, 2.45) is 0 Å². The summed E-state index contributed by atoms with van der Waals surface area (Å²) in [5.41, 5.74) is 13.5. The van der Waals surface area contributed by atoms with Crippen molar-refractivity contribution in [2.75, 3.05) is 9.80 Å². The average molecular weight is 874 g/mol. The molecule has 0 saturated carbocycles. The molecule has 0 bridgehead atoms. The van der Waals surface area contributed by atoms with Crippen LogP contribution in [-0.2, 0) is 5.41 Å². The van der Waals surface area contributed by atoms with E-state index in [1.54, 1.807) is 0 Å². The molecule has 322 valence electrons. The highest BCUT2D eigenvalue weighted by Crippen LogP contribution is 2.51. The SMILES string of the molecule is [2H]c1c([2H])c(N(c2ccccc2)c2ccc3c(c2)C(C)(C)c2ccccc2-3)c([2H])c([2H])c1-c1ccc2cc(N(c3ccc4ccccc4c3)c3ccc4c(c3)c3ccccc3n4-c3ccccc3)ccc2c1. The Balaban J connectivity index is 0.916. The van der Waals surface area contributed by atoms with Crippen LogP contribution >= 0.6 is 0 Å². The highest BCUT2D eigenvalue weighted by Gasteiger charge is 2.35. The molecular formula is C65H47N3. The van der Waals surface area contributed by atoms with Gasteiger partial charge in [-0.1, -0.05) is 159 Å². The van der Waals surface area contributed by atoms with Crippen molar-refractivity contribution in [3.8, 4) is 27.9 Å². The van der Waals surface area contributed by atoms with E-state index in [1.165, 1.54) is 21.9 Å². The Morgan fingerprint density at radius 3 is 1.71 bits per heavy atom. The highest BCUT2D eigenvalue weighted by atomic mass is 15.1. The molecule has 0 fully saturated rings. The van der Waals surface area contributed by atoms with Gasteiger partial charge in [0, 0.05) is 56.0 Å². The smallest absolute Gasteiger partial charge is 0.0645 e. The number of benzene rings is 11. The molecule has 12 aromatic rings. The maximum absolute atomic E-state index is 9.64. The summed E-state index contributed by atoms with van der Waals surface area (Å²) in [6, 6.07) is 77.4. The topological polar surface area (TPSA) is 11.4 Å². The minimum Gasteiger partial charge on any atom is -0.310 e. The fourth-order valence-electron chi connectivity index (χ4n) is 10.6. The number of para-hydroxylation sites is 3. The van der Waals surface area contributed by atoms with E-state index in [9.17, 15) is 5.48 Å². The van der Waals surface area contributed by atoms with Gasteiger partial charge in [0.05, 0.1) is 16.5 Å². The number of hydrogen-bond donors (Lipinski definition) is 0. The summed E-state index contributed by atoms with van der Waals surface area (Å²) in [6.07, 6.45) is 0. The summed E-state index contributed by atoms with van der Waals surface area (Å²) >= 11 is 0. The van der Waals surface area contributed by atoms with Crippen LogP contribution in [0.3, 0.4) is 0 Å². The molecule has 0 saturated heterocycles. The van der Waals surface area contributed by atoms with Crippen LogP contribution in [0.5, 0.6) is 0 Å². The molecule has 0 amide bonds. The van der Waals surface area contributed by atoms with E-state index >= 15 is 0 Å². The van der Waals surface area contributed by atoms with Gasteiger partial charge in [-0.15, -0.1) is 0 Å². The minimum absolute atomic E-state index is 0.0942. The quantitative estimate of drug-likeness (QED) is 0.151. The number of hydrogen-bond acceptors (Lipinski definition) is 2. The molecule has 3 nitrogen and oxygen atoms in total. The minimum atomic E-state index is -0.270. The van der Waals surface area contributed by atoms with Gasteiger partial charge in [0.2, 0.25) is 0 Å². The second-order valence-electron chi connectivity index (χ2n) is 18.3. The Bertz CT molecular complexity index is 4110. The Morgan fingerprint density at radius 1 is 0.353 bits per heavy atom. The molecule has 68 heavy (non-hydrogen) atoms. The normalized spacial score (nSPS) is 13.5. The molecule has 1 heterocycles. The van der Waals surface area contributed by atoms with Crippen LogP contribution in [-0.4, -0.2) is 4.57 Å². The molecule has 1 aliphatic rings. The van der Waals surface area contributed by atoms with Gasteiger partial charge in [-0.05, 0) is 158 Å². The van der Waals surface area contributed by atoms with Crippen LogP contribution in [0.2, 0.25) is 0 Å². The number of aromatic nitrogens is 1. The van der Waals surface area contributed by atoms with Gasteiger partial charge in [-0.25, -0.2) is 0 Å². The molecule has 3 heteroatoms. The summed E-state index contributed by atoms with van der Waals surface area (Å²) < 4.78 is 40.8. The number of nitrogens with zero attached hydrogens (tertiary/aromatic N) is 3. The molecular weight excluding hydrogens is 823 g/mol. The van der Waals surface area contributed by atoms with Crippen molar-refractivity contribution in [1.29, 1.82) is 0 Å². The molecule has 11 aromatic carbocycles. The molecule has 0 atom stereocenters. The molecule has 0 unspecified atom stereocenters.